The van der Waals surface area contributed by atoms with E-state index in [0.717, 1.165) is 31.6 Å². The van der Waals surface area contributed by atoms with Crippen LogP contribution in [0.4, 0.5) is 5.69 Å². The number of nitrogens with two attached hydrogens (primary N) is 1. The number of fused-ring (bicyclic) bond motifs is 1. The van der Waals surface area contributed by atoms with E-state index in [4.69, 9.17) is 10.5 Å². The first-order valence-corrected chi connectivity index (χ1v) is 6.45. The van der Waals surface area contributed by atoms with E-state index in [1.54, 1.807) is 0 Å². The zero-order chi connectivity index (χ0) is 12.3. The molecule has 94 valence electrons. The number of hydrogen-bond acceptors (Lipinski definition) is 3. The highest BCUT2D eigenvalue weighted by Gasteiger charge is 2.17. The molecule has 17 heavy (non-hydrogen) atoms. The summed E-state index contributed by atoms with van der Waals surface area (Å²) >= 11 is 0. The molecule has 2 rings (SSSR count). The molecule has 1 aliphatic rings. The maximum Gasteiger partial charge on any atom is 0.120 e. The monoisotopic (exact) mass is 234 g/mol. The fraction of sp³-hybridized carbons (Fsp3) is 0.571. The van der Waals surface area contributed by atoms with Crippen molar-refractivity contribution in [3.05, 3.63) is 23.8 Å². The number of rotatable bonds is 4. The highest BCUT2D eigenvalue weighted by molar-refractivity contribution is 5.56. The summed E-state index contributed by atoms with van der Waals surface area (Å²) in [5.41, 5.74) is 8.20. The Bertz CT molecular complexity index is 376. The maximum absolute atomic E-state index is 5.71. The van der Waals surface area contributed by atoms with Crippen molar-refractivity contribution in [1.29, 1.82) is 0 Å². The second-order valence-electron chi connectivity index (χ2n) is 4.94. The van der Waals surface area contributed by atoms with Crippen LogP contribution in [0.15, 0.2) is 18.2 Å². The molecule has 1 heterocycles. The van der Waals surface area contributed by atoms with Gasteiger partial charge in [0.2, 0.25) is 0 Å². The summed E-state index contributed by atoms with van der Waals surface area (Å²) in [5.74, 6) is 0.970. The fourth-order valence-corrected chi connectivity index (χ4v) is 2.30. The SMILES string of the molecule is CC(C)Oc1ccc2c(c1)CCC(CCN)N2. The van der Waals surface area contributed by atoms with Crippen molar-refractivity contribution in [3.63, 3.8) is 0 Å². The van der Waals surface area contributed by atoms with Gasteiger partial charge in [-0.25, -0.2) is 0 Å². The second-order valence-corrected chi connectivity index (χ2v) is 4.94. The van der Waals surface area contributed by atoms with Crippen LogP contribution >= 0.6 is 0 Å². The summed E-state index contributed by atoms with van der Waals surface area (Å²) in [6, 6.07) is 6.84. The largest absolute Gasteiger partial charge is 0.491 e. The molecule has 1 aliphatic heterocycles. The number of anilines is 1. The van der Waals surface area contributed by atoms with E-state index < -0.39 is 0 Å². The van der Waals surface area contributed by atoms with E-state index in [9.17, 15) is 0 Å². The Labute approximate surface area is 103 Å². The Morgan fingerprint density at radius 1 is 1.47 bits per heavy atom. The molecule has 0 bridgehead atoms. The molecule has 0 amide bonds. The molecule has 0 saturated heterocycles. The molecule has 3 nitrogen and oxygen atoms in total. The molecular formula is C14H22N2O. The van der Waals surface area contributed by atoms with Gasteiger partial charge in [-0.3, -0.25) is 0 Å². The molecule has 0 aliphatic carbocycles. The Hall–Kier alpha value is -1.22. The Balaban J connectivity index is 2.08. The minimum Gasteiger partial charge on any atom is -0.491 e. The summed E-state index contributed by atoms with van der Waals surface area (Å²) in [7, 11) is 0. The quantitative estimate of drug-likeness (QED) is 0.841. The summed E-state index contributed by atoms with van der Waals surface area (Å²) in [4.78, 5) is 0. The smallest absolute Gasteiger partial charge is 0.120 e. The summed E-state index contributed by atoms with van der Waals surface area (Å²) in [5, 5.41) is 3.54. The minimum atomic E-state index is 0.231. The third-order valence-electron chi connectivity index (χ3n) is 3.09. The Kier molecular flexibility index (Phi) is 3.89. The van der Waals surface area contributed by atoms with Crippen LogP contribution in [-0.2, 0) is 6.42 Å². The maximum atomic E-state index is 5.71. The topological polar surface area (TPSA) is 47.3 Å². The molecule has 1 atom stereocenters. The van der Waals surface area contributed by atoms with Gasteiger partial charge in [-0.05, 0) is 63.4 Å². The molecule has 1 unspecified atom stereocenters. The lowest BCUT2D eigenvalue weighted by Gasteiger charge is -2.27. The van der Waals surface area contributed by atoms with E-state index in [2.05, 4.69) is 31.3 Å². The highest BCUT2D eigenvalue weighted by Crippen LogP contribution is 2.29. The minimum absolute atomic E-state index is 0.231. The van der Waals surface area contributed by atoms with Crippen LogP contribution in [0.3, 0.4) is 0 Å². The van der Waals surface area contributed by atoms with Gasteiger partial charge in [-0.1, -0.05) is 0 Å². The zero-order valence-electron chi connectivity index (χ0n) is 10.7. The predicted octanol–water partition coefficient (Wildman–Crippen LogP) is 2.55. The number of nitrogens with one attached hydrogen (secondary N) is 1. The van der Waals surface area contributed by atoms with E-state index in [0.29, 0.717) is 6.04 Å². The average Bonchev–Trinajstić information content (AvgIpc) is 2.29. The van der Waals surface area contributed by atoms with E-state index in [1.165, 1.54) is 11.3 Å². The predicted molar refractivity (Wildman–Crippen MR) is 71.6 cm³/mol. The first-order valence-electron chi connectivity index (χ1n) is 6.45. The van der Waals surface area contributed by atoms with Gasteiger partial charge >= 0.3 is 0 Å². The first kappa shape index (κ1) is 12.2. The molecule has 0 aromatic heterocycles. The summed E-state index contributed by atoms with van der Waals surface area (Å²) < 4.78 is 5.71. The Morgan fingerprint density at radius 3 is 3.00 bits per heavy atom. The zero-order valence-corrected chi connectivity index (χ0v) is 10.7. The van der Waals surface area contributed by atoms with Gasteiger partial charge in [0, 0.05) is 11.7 Å². The van der Waals surface area contributed by atoms with E-state index in [-0.39, 0.29) is 6.10 Å². The second kappa shape index (κ2) is 5.41. The molecule has 0 saturated carbocycles. The lowest BCUT2D eigenvalue weighted by Crippen LogP contribution is -2.27. The summed E-state index contributed by atoms with van der Waals surface area (Å²) in [6.45, 7) is 4.85. The Morgan fingerprint density at radius 2 is 2.29 bits per heavy atom. The van der Waals surface area contributed by atoms with Crippen LogP contribution in [-0.4, -0.2) is 18.7 Å². The normalized spacial score (nSPS) is 18.7. The molecule has 0 fully saturated rings. The molecule has 3 N–H and O–H groups in total. The van der Waals surface area contributed by atoms with Crippen LogP contribution in [0.5, 0.6) is 5.75 Å². The molecule has 3 heteroatoms. The van der Waals surface area contributed by atoms with Gasteiger partial charge in [0.1, 0.15) is 5.75 Å². The van der Waals surface area contributed by atoms with Crippen LogP contribution in [0.2, 0.25) is 0 Å². The fourth-order valence-electron chi connectivity index (χ4n) is 2.30. The highest BCUT2D eigenvalue weighted by atomic mass is 16.5. The lowest BCUT2D eigenvalue weighted by molar-refractivity contribution is 0.242. The van der Waals surface area contributed by atoms with Crippen LogP contribution in [0.1, 0.15) is 32.3 Å². The molecule has 0 spiro atoms. The van der Waals surface area contributed by atoms with E-state index in [1.807, 2.05) is 6.07 Å². The molecule has 1 aromatic carbocycles. The standard InChI is InChI=1S/C14H22N2O/c1-10(2)17-13-5-6-14-11(9-13)3-4-12(16-14)7-8-15/h5-6,9-10,12,16H,3-4,7-8,15H2,1-2H3. The van der Waals surface area contributed by atoms with Crippen LogP contribution in [0, 0.1) is 0 Å². The van der Waals surface area contributed by atoms with E-state index >= 15 is 0 Å². The number of ether oxygens (including phenoxy) is 1. The van der Waals surface area contributed by atoms with Crippen molar-refractivity contribution in [2.45, 2.75) is 45.3 Å². The number of benzene rings is 1. The third-order valence-corrected chi connectivity index (χ3v) is 3.09. The lowest BCUT2D eigenvalue weighted by atomic mass is 9.96. The van der Waals surface area contributed by atoms with Crippen molar-refractivity contribution in [3.8, 4) is 5.75 Å². The average molecular weight is 234 g/mol. The van der Waals surface area contributed by atoms with Crippen LogP contribution in [0.25, 0.3) is 0 Å². The van der Waals surface area contributed by atoms with Gasteiger partial charge in [-0.2, -0.15) is 0 Å². The number of aryl methyl sites for hydroxylation is 1. The van der Waals surface area contributed by atoms with Gasteiger partial charge in [-0.15, -0.1) is 0 Å². The van der Waals surface area contributed by atoms with Gasteiger partial charge in [0.25, 0.3) is 0 Å². The van der Waals surface area contributed by atoms with Crippen molar-refractivity contribution in [2.24, 2.45) is 5.73 Å². The number of hydrogen-bond donors (Lipinski definition) is 2. The van der Waals surface area contributed by atoms with Crippen LogP contribution < -0.4 is 15.8 Å². The molecule has 1 aromatic rings. The van der Waals surface area contributed by atoms with Crippen molar-refractivity contribution in [1.82, 2.24) is 0 Å². The van der Waals surface area contributed by atoms with Gasteiger partial charge < -0.3 is 15.8 Å². The van der Waals surface area contributed by atoms with Crippen molar-refractivity contribution in [2.75, 3.05) is 11.9 Å². The summed E-state index contributed by atoms with van der Waals surface area (Å²) in [6.07, 6.45) is 3.55. The van der Waals surface area contributed by atoms with Crippen molar-refractivity contribution < 1.29 is 4.74 Å². The first-order chi connectivity index (χ1) is 8.19. The van der Waals surface area contributed by atoms with Crippen molar-refractivity contribution >= 4 is 5.69 Å². The molecule has 0 radical (unpaired) electrons. The van der Waals surface area contributed by atoms with Gasteiger partial charge in [0.05, 0.1) is 6.10 Å². The third kappa shape index (κ3) is 3.13. The molecular weight excluding hydrogens is 212 g/mol. The van der Waals surface area contributed by atoms with Gasteiger partial charge in [0.15, 0.2) is 0 Å².